The van der Waals surface area contributed by atoms with E-state index in [4.69, 9.17) is 18.9 Å². The second kappa shape index (κ2) is 9.65. The molecule has 1 aliphatic carbocycles. The number of carbonyl (C=O) groups is 2. The molecule has 0 spiro atoms. The Hall–Kier alpha value is -2.74. The Labute approximate surface area is 173 Å². The maximum atomic E-state index is 12.5. The van der Waals surface area contributed by atoms with Crippen LogP contribution in [-0.2, 0) is 22.4 Å². The molecular formula is C21H25NO6S. The predicted octanol–water partition coefficient (Wildman–Crippen LogP) is 3.84. The van der Waals surface area contributed by atoms with E-state index in [2.05, 4.69) is 5.32 Å². The molecule has 0 aliphatic heterocycles. The van der Waals surface area contributed by atoms with E-state index in [0.29, 0.717) is 27.8 Å². The van der Waals surface area contributed by atoms with E-state index in [1.54, 1.807) is 39.3 Å². The quantitative estimate of drug-likeness (QED) is 0.655. The van der Waals surface area contributed by atoms with Gasteiger partial charge in [-0.3, -0.25) is 4.79 Å². The fourth-order valence-corrected chi connectivity index (χ4v) is 4.54. The van der Waals surface area contributed by atoms with Crippen molar-refractivity contribution in [1.82, 2.24) is 0 Å². The van der Waals surface area contributed by atoms with Crippen molar-refractivity contribution < 1.29 is 28.5 Å². The van der Waals surface area contributed by atoms with Gasteiger partial charge in [0.2, 0.25) is 0 Å². The highest BCUT2D eigenvalue weighted by atomic mass is 32.1. The van der Waals surface area contributed by atoms with Crippen molar-refractivity contribution in [2.24, 2.45) is 0 Å². The first-order valence-electron chi connectivity index (χ1n) is 9.53. The average Bonchev–Trinajstić information content (AvgIpc) is 3.09. The molecule has 0 radical (unpaired) electrons. The maximum absolute atomic E-state index is 12.5. The lowest BCUT2D eigenvalue weighted by atomic mass is 9.95. The Morgan fingerprint density at radius 3 is 2.34 bits per heavy atom. The minimum atomic E-state index is -0.388. The van der Waals surface area contributed by atoms with Crippen molar-refractivity contribution in [2.45, 2.75) is 32.6 Å². The summed E-state index contributed by atoms with van der Waals surface area (Å²) in [6.07, 6.45) is 3.87. The zero-order valence-corrected chi connectivity index (χ0v) is 17.6. The summed E-state index contributed by atoms with van der Waals surface area (Å²) in [5, 5.41) is 3.36. The summed E-state index contributed by atoms with van der Waals surface area (Å²) in [4.78, 5) is 26.1. The third kappa shape index (κ3) is 5.00. The summed E-state index contributed by atoms with van der Waals surface area (Å²) in [6.45, 7) is 1.85. The third-order valence-electron chi connectivity index (χ3n) is 4.60. The second-order valence-corrected chi connectivity index (χ2v) is 7.63. The molecule has 1 aromatic carbocycles. The molecule has 0 unspecified atom stereocenters. The van der Waals surface area contributed by atoms with Crippen LogP contribution in [0.5, 0.6) is 17.2 Å². The lowest BCUT2D eigenvalue weighted by molar-refractivity contribution is -0.118. The topological polar surface area (TPSA) is 83.1 Å². The molecule has 1 aromatic heterocycles. The molecular weight excluding hydrogens is 394 g/mol. The number of nitrogens with one attached hydrogen (secondary N) is 1. The average molecular weight is 419 g/mol. The minimum absolute atomic E-state index is 0.207. The first kappa shape index (κ1) is 21.0. The molecule has 0 fully saturated rings. The molecule has 3 rings (SSSR count). The molecule has 29 heavy (non-hydrogen) atoms. The van der Waals surface area contributed by atoms with Crippen molar-refractivity contribution in [3.05, 3.63) is 34.2 Å². The Balaban J connectivity index is 1.72. The van der Waals surface area contributed by atoms with Gasteiger partial charge in [-0.05, 0) is 38.2 Å². The van der Waals surface area contributed by atoms with E-state index in [0.717, 1.165) is 36.1 Å². The van der Waals surface area contributed by atoms with Crippen LogP contribution >= 0.6 is 11.3 Å². The first-order chi connectivity index (χ1) is 14.0. The van der Waals surface area contributed by atoms with Gasteiger partial charge in [0.25, 0.3) is 5.91 Å². The number of amides is 1. The zero-order valence-electron chi connectivity index (χ0n) is 16.8. The molecule has 1 amide bonds. The van der Waals surface area contributed by atoms with Gasteiger partial charge in [-0.25, -0.2) is 4.79 Å². The fourth-order valence-electron chi connectivity index (χ4n) is 3.25. The van der Waals surface area contributed by atoms with Gasteiger partial charge in [0.1, 0.15) is 22.2 Å². The fraction of sp³-hybridized carbons (Fsp3) is 0.429. The largest absolute Gasteiger partial charge is 0.496 e. The Morgan fingerprint density at radius 1 is 1.03 bits per heavy atom. The summed E-state index contributed by atoms with van der Waals surface area (Å²) < 4.78 is 21.2. The number of fused-ring (bicyclic) bond motifs is 1. The van der Waals surface area contributed by atoms with Gasteiger partial charge in [-0.1, -0.05) is 0 Å². The van der Waals surface area contributed by atoms with Gasteiger partial charge in [0, 0.05) is 23.1 Å². The lowest BCUT2D eigenvalue weighted by Gasteiger charge is -2.12. The van der Waals surface area contributed by atoms with Crippen LogP contribution in [0.15, 0.2) is 18.2 Å². The lowest BCUT2D eigenvalue weighted by Crippen LogP contribution is -2.21. The number of aryl methyl sites for hydroxylation is 1. The van der Waals surface area contributed by atoms with Crippen molar-refractivity contribution in [3.8, 4) is 17.2 Å². The smallest absolute Gasteiger partial charge is 0.341 e. The molecule has 1 N–H and O–H groups in total. The van der Waals surface area contributed by atoms with E-state index >= 15 is 0 Å². The molecule has 7 nitrogen and oxygen atoms in total. The van der Waals surface area contributed by atoms with Crippen LogP contribution < -0.4 is 19.5 Å². The Kier molecular flexibility index (Phi) is 6.98. The maximum Gasteiger partial charge on any atom is 0.341 e. The number of esters is 1. The van der Waals surface area contributed by atoms with E-state index in [-0.39, 0.29) is 25.1 Å². The van der Waals surface area contributed by atoms with E-state index in [1.807, 2.05) is 0 Å². The molecule has 156 valence electrons. The minimum Gasteiger partial charge on any atom is -0.496 e. The summed E-state index contributed by atoms with van der Waals surface area (Å²) in [5.74, 6) is 0.842. The van der Waals surface area contributed by atoms with Crippen molar-refractivity contribution >= 4 is 28.2 Å². The van der Waals surface area contributed by atoms with Gasteiger partial charge < -0.3 is 24.3 Å². The number of carbonyl (C=O) groups excluding carboxylic acids is 2. The molecule has 0 saturated carbocycles. The van der Waals surface area contributed by atoms with Crippen LogP contribution in [0.25, 0.3) is 0 Å². The van der Waals surface area contributed by atoms with Crippen LogP contribution in [0.1, 0.15) is 40.6 Å². The van der Waals surface area contributed by atoms with Crippen LogP contribution in [0.3, 0.4) is 0 Å². The molecule has 8 heteroatoms. The van der Waals surface area contributed by atoms with Crippen LogP contribution in [0.2, 0.25) is 0 Å². The number of thiophene rings is 1. The number of anilines is 1. The predicted molar refractivity (Wildman–Crippen MR) is 111 cm³/mol. The second-order valence-electron chi connectivity index (χ2n) is 6.52. The number of hydrogen-bond donors (Lipinski definition) is 1. The molecule has 2 aromatic rings. The number of hydrogen-bond acceptors (Lipinski definition) is 7. The highest BCUT2D eigenvalue weighted by molar-refractivity contribution is 7.17. The highest BCUT2D eigenvalue weighted by Crippen LogP contribution is 2.38. The summed E-state index contributed by atoms with van der Waals surface area (Å²) in [6, 6.07) is 5.06. The number of benzene rings is 1. The molecule has 1 heterocycles. The van der Waals surface area contributed by atoms with Crippen LogP contribution in [0.4, 0.5) is 5.00 Å². The van der Waals surface area contributed by atoms with Gasteiger partial charge in [0.15, 0.2) is 6.61 Å². The molecule has 0 atom stereocenters. The van der Waals surface area contributed by atoms with Crippen molar-refractivity contribution in [2.75, 3.05) is 32.8 Å². The normalized spacial score (nSPS) is 12.7. The van der Waals surface area contributed by atoms with Gasteiger partial charge in [0.05, 0.1) is 26.4 Å². The van der Waals surface area contributed by atoms with Gasteiger partial charge in [-0.2, -0.15) is 0 Å². The molecule has 0 saturated heterocycles. The monoisotopic (exact) mass is 419 g/mol. The van der Waals surface area contributed by atoms with Crippen LogP contribution in [-0.4, -0.2) is 39.3 Å². The highest BCUT2D eigenvalue weighted by Gasteiger charge is 2.27. The van der Waals surface area contributed by atoms with Crippen LogP contribution in [0, 0.1) is 0 Å². The van der Waals surface area contributed by atoms with Crippen molar-refractivity contribution in [1.29, 1.82) is 0 Å². The van der Waals surface area contributed by atoms with E-state index in [1.165, 1.54) is 11.3 Å². The third-order valence-corrected chi connectivity index (χ3v) is 5.81. The molecule has 0 bridgehead atoms. The zero-order chi connectivity index (χ0) is 20.8. The van der Waals surface area contributed by atoms with Gasteiger partial charge in [-0.15, -0.1) is 11.3 Å². The summed E-state index contributed by atoms with van der Waals surface area (Å²) >= 11 is 1.45. The van der Waals surface area contributed by atoms with E-state index in [9.17, 15) is 9.59 Å². The van der Waals surface area contributed by atoms with Gasteiger partial charge >= 0.3 is 5.97 Å². The Bertz CT molecular complexity index is 869. The number of methoxy groups -OCH3 is 2. The Morgan fingerprint density at radius 2 is 1.69 bits per heavy atom. The SMILES string of the molecule is CCOC(=O)c1c(NC(=O)COc2cc(OC)cc(OC)c2)sc2c1CCCC2. The number of ether oxygens (including phenoxy) is 4. The number of rotatable bonds is 8. The van der Waals surface area contributed by atoms with E-state index < -0.39 is 0 Å². The summed E-state index contributed by atoms with van der Waals surface area (Å²) in [7, 11) is 3.08. The van der Waals surface area contributed by atoms with Crippen molar-refractivity contribution in [3.63, 3.8) is 0 Å². The summed E-state index contributed by atoms with van der Waals surface area (Å²) in [5.41, 5.74) is 1.50. The molecule has 1 aliphatic rings. The standard InChI is InChI=1S/C21H25NO6S/c1-4-27-21(24)19-16-7-5-6-8-17(16)29-20(19)22-18(23)12-28-15-10-13(25-2)9-14(11-15)26-3/h9-11H,4-8,12H2,1-3H3,(H,22,23). The first-order valence-corrected chi connectivity index (χ1v) is 10.3.